The minimum atomic E-state index is -0.115. The Balaban J connectivity index is 1.54. The van der Waals surface area contributed by atoms with E-state index in [0.29, 0.717) is 33.5 Å². The molecule has 5 rings (SSSR count). The normalized spacial score (nSPS) is 54.0. The Bertz CT molecular complexity index is 885. The summed E-state index contributed by atoms with van der Waals surface area (Å²) in [4.78, 5) is 11.9. The van der Waals surface area contributed by atoms with E-state index in [4.69, 9.17) is 4.74 Å². The van der Waals surface area contributed by atoms with E-state index >= 15 is 0 Å². The van der Waals surface area contributed by atoms with Crippen molar-refractivity contribution in [1.82, 2.24) is 0 Å². The van der Waals surface area contributed by atoms with Crippen LogP contribution in [0.15, 0.2) is 11.6 Å². The summed E-state index contributed by atoms with van der Waals surface area (Å²) < 4.78 is 5.89. The minimum absolute atomic E-state index is 0.0286. The summed E-state index contributed by atoms with van der Waals surface area (Å²) in [6.07, 6.45) is 14.5. The molecule has 0 bridgehead atoms. The van der Waals surface area contributed by atoms with E-state index in [1.165, 1.54) is 44.9 Å². The van der Waals surface area contributed by atoms with Crippen LogP contribution in [0.2, 0.25) is 0 Å². The van der Waals surface area contributed by atoms with Crippen LogP contribution < -0.4 is 0 Å². The SMILES string of the molecule is CC(=O)O[C@H]1CC[C@]2(C)[C@H]3CC[C@@]4(C)C5[C@@H](C)[C@H](C)CC[C@]5(C)CC[C@]4(C)C3=CC[C@H]2C1(C)C. The van der Waals surface area contributed by atoms with Gasteiger partial charge in [0.1, 0.15) is 6.10 Å². The lowest BCUT2D eigenvalue weighted by atomic mass is 9.33. The molecule has 4 fully saturated rings. The lowest BCUT2D eigenvalue weighted by molar-refractivity contribution is -0.193. The molecule has 0 amide bonds. The number of esters is 1. The van der Waals surface area contributed by atoms with Crippen LogP contribution >= 0.6 is 0 Å². The van der Waals surface area contributed by atoms with Crippen LogP contribution in [-0.4, -0.2) is 12.1 Å². The van der Waals surface area contributed by atoms with E-state index in [0.717, 1.165) is 30.6 Å². The zero-order valence-electron chi connectivity index (χ0n) is 23.7. The molecule has 0 heterocycles. The highest BCUT2D eigenvalue weighted by Gasteiger charge is 2.68. The van der Waals surface area contributed by atoms with Crippen molar-refractivity contribution in [1.29, 1.82) is 0 Å². The van der Waals surface area contributed by atoms with Crippen LogP contribution in [0, 0.1) is 56.7 Å². The second-order valence-electron chi connectivity index (χ2n) is 15.3. The maximum absolute atomic E-state index is 11.9. The number of fused-ring (bicyclic) bond motifs is 7. The first-order chi connectivity index (χ1) is 15.7. The lowest BCUT2D eigenvalue weighted by Gasteiger charge is -2.71. The van der Waals surface area contributed by atoms with Gasteiger partial charge in [-0.3, -0.25) is 4.79 Å². The Hall–Kier alpha value is -0.790. The predicted molar refractivity (Wildman–Crippen MR) is 140 cm³/mol. The molecule has 10 atom stereocenters. The number of hydrogen-bond acceptors (Lipinski definition) is 2. The van der Waals surface area contributed by atoms with Crippen LogP contribution in [-0.2, 0) is 9.53 Å². The van der Waals surface area contributed by atoms with Gasteiger partial charge in [-0.05, 0) is 109 Å². The molecule has 4 saturated carbocycles. The van der Waals surface area contributed by atoms with Crippen molar-refractivity contribution in [2.75, 3.05) is 0 Å². The van der Waals surface area contributed by atoms with Gasteiger partial charge in [-0.25, -0.2) is 0 Å². The molecule has 2 heteroatoms. The lowest BCUT2D eigenvalue weighted by Crippen LogP contribution is -2.64. The van der Waals surface area contributed by atoms with Gasteiger partial charge in [-0.2, -0.15) is 0 Å². The fourth-order valence-corrected chi connectivity index (χ4v) is 11.4. The summed E-state index contributed by atoms with van der Waals surface area (Å²) in [5, 5.41) is 0. The fourth-order valence-electron chi connectivity index (χ4n) is 11.4. The topological polar surface area (TPSA) is 26.3 Å². The molecular weight excluding hydrogens is 416 g/mol. The standard InChI is InChI=1S/C32H52O2/c1-20-12-15-29(6)18-19-31(8)24-10-11-25-28(4,5)26(34-22(3)33)14-16-30(25,7)23(24)13-17-32(31,9)27(29)21(20)2/h10,20-21,23,25-27H,11-19H2,1-9H3/t20-,21+,23+,25+,26+,27?,29-,30-,31-,32+/m1/s1. The van der Waals surface area contributed by atoms with Gasteiger partial charge in [0.05, 0.1) is 0 Å². The van der Waals surface area contributed by atoms with Crippen molar-refractivity contribution in [3.05, 3.63) is 11.6 Å². The van der Waals surface area contributed by atoms with Crippen LogP contribution in [0.4, 0.5) is 0 Å². The molecule has 0 spiro atoms. The van der Waals surface area contributed by atoms with Crippen LogP contribution in [0.25, 0.3) is 0 Å². The number of carbonyl (C=O) groups excluding carboxylic acids is 1. The van der Waals surface area contributed by atoms with Crippen molar-refractivity contribution in [3.8, 4) is 0 Å². The fraction of sp³-hybridized carbons (Fsp3) is 0.906. The molecular formula is C32H52O2. The van der Waals surface area contributed by atoms with Crippen molar-refractivity contribution >= 4 is 5.97 Å². The Morgan fingerprint density at radius 3 is 2.29 bits per heavy atom. The number of rotatable bonds is 1. The third-order valence-electron chi connectivity index (χ3n) is 13.6. The van der Waals surface area contributed by atoms with Gasteiger partial charge in [0.15, 0.2) is 0 Å². The van der Waals surface area contributed by atoms with Crippen molar-refractivity contribution in [2.45, 2.75) is 126 Å². The molecule has 0 aliphatic heterocycles. The summed E-state index contributed by atoms with van der Waals surface area (Å²) >= 11 is 0. The molecule has 0 radical (unpaired) electrons. The third-order valence-corrected chi connectivity index (χ3v) is 13.6. The summed E-state index contributed by atoms with van der Waals surface area (Å²) in [5.41, 5.74) is 3.45. The predicted octanol–water partition coefficient (Wildman–Crippen LogP) is 8.60. The zero-order valence-corrected chi connectivity index (χ0v) is 23.7. The van der Waals surface area contributed by atoms with Gasteiger partial charge in [-0.15, -0.1) is 0 Å². The molecule has 5 aliphatic rings. The smallest absolute Gasteiger partial charge is 0.302 e. The highest BCUT2D eigenvalue weighted by molar-refractivity contribution is 5.66. The Labute approximate surface area is 210 Å². The third kappa shape index (κ3) is 3.08. The van der Waals surface area contributed by atoms with Gasteiger partial charge in [0, 0.05) is 12.3 Å². The van der Waals surface area contributed by atoms with Crippen LogP contribution in [0.5, 0.6) is 0 Å². The Kier molecular flexibility index (Phi) is 5.57. The Morgan fingerprint density at radius 1 is 0.912 bits per heavy atom. The molecule has 192 valence electrons. The largest absolute Gasteiger partial charge is 0.462 e. The maximum Gasteiger partial charge on any atom is 0.302 e. The first-order valence-corrected chi connectivity index (χ1v) is 14.6. The highest BCUT2D eigenvalue weighted by atomic mass is 16.5. The first kappa shape index (κ1) is 24.9. The van der Waals surface area contributed by atoms with Crippen molar-refractivity contribution < 1.29 is 9.53 Å². The number of hydrogen-bond donors (Lipinski definition) is 0. The zero-order chi connectivity index (χ0) is 24.9. The first-order valence-electron chi connectivity index (χ1n) is 14.6. The van der Waals surface area contributed by atoms with Crippen molar-refractivity contribution in [2.24, 2.45) is 56.7 Å². The van der Waals surface area contributed by atoms with E-state index in [1.807, 2.05) is 5.57 Å². The van der Waals surface area contributed by atoms with Crippen molar-refractivity contribution in [3.63, 3.8) is 0 Å². The van der Waals surface area contributed by atoms with E-state index in [9.17, 15) is 4.79 Å². The minimum Gasteiger partial charge on any atom is -0.462 e. The number of carbonyl (C=O) groups is 1. The molecule has 5 aliphatic carbocycles. The molecule has 2 nitrogen and oxygen atoms in total. The Morgan fingerprint density at radius 2 is 1.62 bits per heavy atom. The number of ether oxygens (including phenoxy) is 1. The van der Waals surface area contributed by atoms with Gasteiger partial charge in [0.25, 0.3) is 0 Å². The van der Waals surface area contributed by atoms with Crippen LogP contribution in [0.3, 0.4) is 0 Å². The average Bonchev–Trinajstić information content (AvgIpc) is 2.74. The molecule has 0 aromatic rings. The van der Waals surface area contributed by atoms with Gasteiger partial charge >= 0.3 is 5.97 Å². The van der Waals surface area contributed by atoms with Gasteiger partial charge in [0.2, 0.25) is 0 Å². The molecule has 0 saturated heterocycles. The van der Waals surface area contributed by atoms with E-state index < -0.39 is 0 Å². The summed E-state index contributed by atoms with van der Waals surface area (Å²) in [6.45, 7) is 22.2. The van der Waals surface area contributed by atoms with Gasteiger partial charge in [-0.1, -0.05) is 67.0 Å². The van der Waals surface area contributed by atoms with Gasteiger partial charge < -0.3 is 4.74 Å². The quantitative estimate of drug-likeness (QED) is 0.284. The second-order valence-corrected chi connectivity index (χ2v) is 15.3. The summed E-state index contributed by atoms with van der Waals surface area (Å²) in [6, 6.07) is 0. The molecule has 0 aromatic carbocycles. The maximum atomic E-state index is 11.9. The molecule has 34 heavy (non-hydrogen) atoms. The summed E-state index contributed by atoms with van der Waals surface area (Å²) in [5.74, 6) is 3.69. The second kappa shape index (κ2) is 7.61. The average molecular weight is 469 g/mol. The monoisotopic (exact) mass is 468 g/mol. The van der Waals surface area contributed by atoms with E-state index in [2.05, 4.69) is 61.5 Å². The summed E-state index contributed by atoms with van der Waals surface area (Å²) in [7, 11) is 0. The molecule has 0 N–H and O–H groups in total. The molecule has 0 aromatic heterocycles. The highest BCUT2D eigenvalue weighted by Crippen LogP contribution is 2.75. The molecule has 1 unspecified atom stereocenters. The van der Waals surface area contributed by atoms with E-state index in [1.54, 1.807) is 6.92 Å². The van der Waals surface area contributed by atoms with Crippen LogP contribution in [0.1, 0.15) is 120 Å². The number of allylic oxidation sites excluding steroid dienone is 2. The van der Waals surface area contributed by atoms with E-state index in [-0.39, 0.29) is 17.5 Å².